The van der Waals surface area contributed by atoms with Crippen molar-refractivity contribution in [1.82, 2.24) is 0 Å². The van der Waals surface area contributed by atoms with E-state index in [1.165, 1.54) is 0 Å². The summed E-state index contributed by atoms with van der Waals surface area (Å²) < 4.78 is 12.6. The summed E-state index contributed by atoms with van der Waals surface area (Å²) >= 11 is 0. The number of aliphatic hydroxyl groups is 8. The number of fused-ring (bicyclic) bond motifs is 5. The Morgan fingerprint density at radius 1 is 0.870 bits per heavy atom. The molecule has 1 aliphatic heterocycles. The van der Waals surface area contributed by atoms with Gasteiger partial charge in [0.15, 0.2) is 6.29 Å². The fourth-order valence-corrected chi connectivity index (χ4v) is 11.7. The SMILES string of the molecule is CC(C)(O)C/C=C/[C@@](C)(O)[C@H]1CC[C@]2(C)[C@@H]1[C@H](O)C[C@@H]1[C@@]3(C)CC[C@H](O)C(C)(C)[C@@H]3[C@@H](O[C@@H]3O[C@H](CO)[C@@H](O)[C@H](O)[C@H]3O)C[C@]12C. The van der Waals surface area contributed by atoms with Crippen LogP contribution in [0.5, 0.6) is 0 Å². The number of hydrogen-bond acceptors (Lipinski definition) is 10. The molecule has 4 aliphatic carbocycles. The fraction of sp³-hybridized carbons (Fsp3) is 0.944. The molecule has 46 heavy (non-hydrogen) atoms. The zero-order valence-electron chi connectivity index (χ0n) is 29.1. The minimum absolute atomic E-state index is 0.0807. The van der Waals surface area contributed by atoms with Gasteiger partial charge in [0.2, 0.25) is 0 Å². The van der Waals surface area contributed by atoms with E-state index in [0.29, 0.717) is 25.7 Å². The summed E-state index contributed by atoms with van der Waals surface area (Å²) in [6.45, 7) is 15.6. The molecule has 0 aromatic heterocycles. The normalized spacial score (nSPS) is 52.1. The Hall–Kier alpha value is -0.660. The summed E-state index contributed by atoms with van der Waals surface area (Å²) in [5.74, 6) is -0.516. The molecule has 8 N–H and O–H groups in total. The highest BCUT2D eigenvalue weighted by Crippen LogP contribution is 2.76. The summed E-state index contributed by atoms with van der Waals surface area (Å²) in [4.78, 5) is 0. The van der Waals surface area contributed by atoms with Gasteiger partial charge in [-0.3, -0.25) is 0 Å². The highest BCUT2D eigenvalue weighted by atomic mass is 16.7. The topological polar surface area (TPSA) is 180 Å². The molecule has 0 aromatic rings. The molecule has 0 unspecified atom stereocenters. The second-order valence-electron chi connectivity index (χ2n) is 17.9. The van der Waals surface area contributed by atoms with Gasteiger partial charge < -0.3 is 50.3 Å². The maximum Gasteiger partial charge on any atom is 0.186 e. The molecule has 266 valence electrons. The van der Waals surface area contributed by atoms with E-state index in [1.807, 2.05) is 6.08 Å². The molecule has 5 aliphatic rings. The van der Waals surface area contributed by atoms with Gasteiger partial charge in [0.25, 0.3) is 0 Å². The van der Waals surface area contributed by atoms with Crippen LogP contribution in [0.4, 0.5) is 0 Å². The molecule has 0 radical (unpaired) electrons. The molecule has 1 heterocycles. The zero-order chi connectivity index (χ0) is 34.4. The fourth-order valence-electron chi connectivity index (χ4n) is 11.7. The first kappa shape index (κ1) is 36.6. The first-order chi connectivity index (χ1) is 21.0. The smallest absolute Gasteiger partial charge is 0.186 e. The lowest BCUT2D eigenvalue weighted by Gasteiger charge is -2.72. The number of rotatable bonds is 7. The zero-order valence-corrected chi connectivity index (χ0v) is 29.1. The molecule has 0 bridgehead atoms. The highest BCUT2D eigenvalue weighted by Gasteiger charge is 2.73. The van der Waals surface area contributed by atoms with Gasteiger partial charge in [-0.05, 0) is 111 Å². The third-order valence-corrected chi connectivity index (χ3v) is 14.2. The van der Waals surface area contributed by atoms with E-state index in [-0.39, 0.29) is 39.9 Å². The Bertz CT molecular complexity index is 1130. The molecule has 5 rings (SSSR count). The van der Waals surface area contributed by atoms with Crippen LogP contribution in [-0.2, 0) is 9.47 Å². The van der Waals surface area contributed by atoms with Gasteiger partial charge in [0.1, 0.15) is 24.4 Å². The Morgan fingerprint density at radius 3 is 2.13 bits per heavy atom. The van der Waals surface area contributed by atoms with E-state index in [2.05, 4.69) is 34.6 Å². The van der Waals surface area contributed by atoms with Crippen molar-refractivity contribution in [3.63, 3.8) is 0 Å². The van der Waals surface area contributed by atoms with Crippen molar-refractivity contribution >= 4 is 0 Å². The molecule has 0 spiro atoms. The minimum Gasteiger partial charge on any atom is -0.394 e. The largest absolute Gasteiger partial charge is 0.394 e. The molecule has 16 atom stereocenters. The first-order valence-corrected chi connectivity index (χ1v) is 17.5. The Labute approximate surface area is 274 Å². The van der Waals surface area contributed by atoms with Crippen molar-refractivity contribution in [1.29, 1.82) is 0 Å². The molecule has 0 amide bonds. The predicted molar refractivity (Wildman–Crippen MR) is 171 cm³/mol. The number of hydrogen-bond donors (Lipinski definition) is 8. The summed E-state index contributed by atoms with van der Waals surface area (Å²) in [6.07, 6.45) is -0.744. The van der Waals surface area contributed by atoms with E-state index in [9.17, 15) is 40.9 Å². The molecule has 1 saturated heterocycles. The highest BCUT2D eigenvalue weighted by molar-refractivity contribution is 5.23. The lowest BCUT2D eigenvalue weighted by molar-refractivity contribution is -0.346. The van der Waals surface area contributed by atoms with Gasteiger partial charge in [-0.25, -0.2) is 0 Å². The molecule has 4 saturated carbocycles. The lowest BCUT2D eigenvalue weighted by Crippen LogP contribution is -2.71. The van der Waals surface area contributed by atoms with Gasteiger partial charge in [-0.1, -0.05) is 46.8 Å². The Kier molecular flexibility index (Phi) is 9.55. The third kappa shape index (κ3) is 5.64. The van der Waals surface area contributed by atoms with E-state index in [4.69, 9.17) is 9.47 Å². The van der Waals surface area contributed by atoms with Crippen LogP contribution in [-0.4, -0.2) is 108 Å². The Morgan fingerprint density at radius 2 is 1.52 bits per heavy atom. The number of ether oxygens (including phenoxy) is 2. The molecule has 5 fully saturated rings. The van der Waals surface area contributed by atoms with Crippen LogP contribution in [0.15, 0.2) is 12.2 Å². The van der Waals surface area contributed by atoms with E-state index in [0.717, 1.165) is 19.3 Å². The summed E-state index contributed by atoms with van der Waals surface area (Å²) in [6, 6.07) is 0. The van der Waals surface area contributed by atoms with Crippen molar-refractivity contribution in [2.45, 2.75) is 161 Å². The molecular formula is C36H62O10. The average Bonchev–Trinajstić information content (AvgIpc) is 3.32. The van der Waals surface area contributed by atoms with Crippen molar-refractivity contribution in [2.24, 2.45) is 45.3 Å². The Balaban J connectivity index is 1.54. The molecule has 10 nitrogen and oxygen atoms in total. The van der Waals surface area contributed by atoms with E-state index >= 15 is 0 Å². The average molecular weight is 655 g/mol. The van der Waals surface area contributed by atoms with Gasteiger partial charge in [-0.2, -0.15) is 0 Å². The van der Waals surface area contributed by atoms with Gasteiger partial charge in [0.05, 0.1) is 36.1 Å². The summed E-state index contributed by atoms with van der Waals surface area (Å²) in [5.41, 5.74) is -3.80. The van der Waals surface area contributed by atoms with Crippen LogP contribution >= 0.6 is 0 Å². The maximum absolute atomic E-state index is 12.1. The number of aliphatic hydroxyl groups excluding tert-OH is 6. The monoisotopic (exact) mass is 654 g/mol. The first-order valence-electron chi connectivity index (χ1n) is 17.5. The second-order valence-corrected chi connectivity index (χ2v) is 17.9. The van der Waals surface area contributed by atoms with E-state index in [1.54, 1.807) is 26.8 Å². The summed E-state index contributed by atoms with van der Waals surface area (Å²) in [5, 5.41) is 87.3. The third-order valence-electron chi connectivity index (χ3n) is 14.2. The van der Waals surface area contributed by atoms with Crippen LogP contribution in [0.25, 0.3) is 0 Å². The van der Waals surface area contributed by atoms with Crippen molar-refractivity contribution in [2.75, 3.05) is 6.61 Å². The van der Waals surface area contributed by atoms with Crippen molar-refractivity contribution in [3.05, 3.63) is 12.2 Å². The quantitative estimate of drug-likeness (QED) is 0.150. The van der Waals surface area contributed by atoms with Gasteiger partial charge in [-0.15, -0.1) is 0 Å². The van der Waals surface area contributed by atoms with Crippen LogP contribution in [0, 0.1) is 45.3 Å². The second kappa shape index (κ2) is 12.0. The maximum atomic E-state index is 12.1. The summed E-state index contributed by atoms with van der Waals surface area (Å²) in [7, 11) is 0. The molecule has 10 heteroatoms. The molecular weight excluding hydrogens is 592 g/mol. The van der Waals surface area contributed by atoms with Crippen LogP contribution in [0.1, 0.15) is 100 Å². The molecule has 0 aromatic carbocycles. The lowest BCUT2D eigenvalue weighted by atomic mass is 9.34. The van der Waals surface area contributed by atoms with E-state index < -0.39 is 72.2 Å². The van der Waals surface area contributed by atoms with Crippen LogP contribution in [0.3, 0.4) is 0 Å². The minimum atomic E-state index is -1.56. The van der Waals surface area contributed by atoms with Crippen LogP contribution in [0.2, 0.25) is 0 Å². The van der Waals surface area contributed by atoms with Gasteiger partial charge in [0, 0.05) is 0 Å². The predicted octanol–water partition coefficient (Wildman–Crippen LogP) is 2.27. The van der Waals surface area contributed by atoms with Crippen molar-refractivity contribution in [3.8, 4) is 0 Å². The standard InChI is InChI=1S/C36H62O10/c1-31(2,43)12-9-13-36(8,44)19-10-15-34(6)25(19)20(38)16-23-33(5)14-11-24(39)32(3,4)29(33)21(17-35(23,34)7)45-30-28(42)27(41)26(40)22(18-37)46-30/h9,13,19-30,37-44H,10-12,14-18H2,1-8H3/b13-9+/t19-,20+,21-,22+,23+,24-,25-,26+,27-,28+,29-,30+,33+,34+,35+,36+/m0/s1. The van der Waals surface area contributed by atoms with Crippen molar-refractivity contribution < 1.29 is 50.3 Å². The van der Waals surface area contributed by atoms with Gasteiger partial charge >= 0.3 is 0 Å². The van der Waals surface area contributed by atoms with Crippen LogP contribution < -0.4 is 0 Å².